The van der Waals surface area contributed by atoms with Crippen molar-refractivity contribution in [3.8, 4) is 0 Å². The highest BCUT2D eigenvalue weighted by atomic mass is 35.5. The molecule has 0 aromatic heterocycles. The van der Waals surface area contributed by atoms with Crippen molar-refractivity contribution in [2.45, 2.75) is 5.92 Å². The minimum absolute atomic E-state index is 0.0436. The van der Waals surface area contributed by atoms with E-state index >= 15 is 0 Å². The summed E-state index contributed by atoms with van der Waals surface area (Å²) in [4.78, 5) is 0. The smallest absolute Gasteiger partial charge is 0.0540 e. The molecule has 0 saturated heterocycles. The Kier molecular flexibility index (Phi) is 4.06. The van der Waals surface area contributed by atoms with E-state index in [0.29, 0.717) is 10.0 Å². The molecule has 1 atom stereocenters. The van der Waals surface area contributed by atoms with Crippen LogP contribution in [-0.2, 0) is 0 Å². The van der Waals surface area contributed by atoms with Gasteiger partial charge in [0.15, 0.2) is 0 Å². The second-order valence-electron chi connectivity index (χ2n) is 3.84. The van der Waals surface area contributed by atoms with Gasteiger partial charge in [0.05, 0.1) is 6.61 Å². The number of rotatable bonds is 3. The molecule has 2 rings (SSSR count). The second kappa shape index (κ2) is 5.54. The van der Waals surface area contributed by atoms with Gasteiger partial charge >= 0.3 is 0 Å². The highest BCUT2D eigenvalue weighted by Crippen LogP contribution is 2.27. The van der Waals surface area contributed by atoms with Crippen LogP contribution in [0.4, 0.5) is 0 Å². The molecule has 0 aliphatic heterocycles. The highest BCUT2D eigenvalue weighted by Gasteiger charge is 2.13. The number of hydrogen-bond donors (Lipinski definition) is 1. The highest BCUT2D eigenvalue weighted by molar-refractivity contribution is 6.30. The normalized spacial score (nSPS) is 12.4. The quantitative estimate of drug-likeness (QED) is 0.886. The van der Waals surface area contributed by atoms with Crippen LogP contribution in [0, 0.1) is 0 Å². The molecule has 0 aliphatic carbocycles. The lowest BCUT2D eigenvalue weighted by Gasteiger charge is -2.15. The van der Waals surface area contributed by atoms with Crippen molar-refractivity contribution in [3.05, 3.63) is 69.7 Å². The van der Waals surface area contributed by atoms with Crippen molar-refractivity contribution in [1.82, 2.24) is 0 Å². The molecule has 88 valence electrons. The van der Waals surface area contributed by atoms with Crippen LogP contribution in [-0.4, -0.2) is 11.7 Å². The lowest BCUT2D eigenvalue weighted by Crippen LogP contribution is -2.05. The van der Waals surface area contributed by atoms with Gasteiger partial charge in [-0.3, -0.25) is 0 Å². The van der Waals surface area contributed by atoms with E-state index in [4.69, 9.17) is 23.2 Å². The van der Waals surface area contributed by atoms with Gasteiger partial charge in [0.2, 0.25) is 0 Å². The Labute approximate surface area is 111 Å². The first kappa shape index (κ1) is 12.4. The van der Waals surface area contributed by atoms with Crippen LogP contribution in [0.25, 0.3) is 0 Å². The fraction of sp³-hybridized carbons (Fsp3) is 0.143. The van der Waals surface area contributed by atoms with E-state index in [1.54, 1.807) is 0 Å². The lowest BCUT2D eigenvalue weighted by atomic mass is 9.92. The number of benzene rings is 2. The fourth-order valence-electron chi connectivity index (χ4n) is 1.82. The van der Waals surface area contributed by atoms with Crippen molar-refractivity contribution in [3.63, 3.8) is 0 Å². The molecule has 0 radical (unpaired) electrons. The van der Waals surface area contributed by atoms with E-state index in [9.17, 15) is 5.11 Å². The number of halogens is 2. The molecular formula is C14H12Cl2O. The number of aliphatic hydroxyl groups excluding tert-OH is 1. The van der Waals surface area contributed by atoms with Crippen LogP contribution < -0.4 is 0 Å². The van der Waals surface area contributed by atoms with E-state index in [1.165, 1.54) is 0 Å². The van der Waals surface area contributed by atoms with Gasteiger partial charge in [-0.2, -0.15) is 0 Å². The SMILES string of the molecule is OCC(c1ccc(Cl)cc1)c1cccc(Cl)c1. The largest absolute Gasteiger partial charge is 0.395 e. The van der Waals surface area contributed by atoms with E-state index in [0.717, 1.165) is 11.1 Å². The summed E-state index contributed by atoms with van der Waals surface area (Å²) in [5.41, 5.74) is 2.03. The number of hydrogen-bond acceptors (Lipinski definition) is 1. The first-order valence-electron chi connectivity index (χ1n) is 5.32. The topological polar surface area (TPSA) is 20.2 Å². The Morgan fingerprint density at radius 2 is 1.59 bits per heavy atom. The maximum Gasteiger partial charge on any atom is 0.0540 e. The molecule has 0 amide bonds. The summed E-state index contributed by atoms with van der Waals surface area (Å²) in [5, 5.41) is 10.9. The Hall–Kier alpha value is -1.02. The lowest BCUT2D eigenvalue weighted by molar-refractivity contribution is 0.280. The molecular weight excluding hydrogens is 255 g/mol. The van der Waals surface area contributed by atoms with Crippen molar-refractivity contribution in [2.24, 2.45) is 0 Å². The molecule has 1 N–H and O–H groups in total. The van der Waals surface area contributed by atoms with Gasteiger partial charge in [0, 0.05) is 16.0 Å². The van der Waals surface area contributed by atoms with Crippen LogP contribution in [0.1, 0.15) is 17.0 Å². The zero-order valence-electron chi connectivity index (χ0n) is 9.11. The Balaban J connectivity index is 2.36. The molecule has 0 spiro atoms. The molecule has 0 heterocycles. The van der Waals surface area contributed by atoms with Crippen molar-refractivity contribution in [2.75, 3.05) is 6.61 Å². The van der Waals surface area contributed by atoms with Gasteiger partial charge in [0.1, 0.15) is 0 Å². The predicted molar refractivity (Wildman–Crippen MR) is 71.8 cm³/mol. The zero-order valence-corrected chi connectivity index (χ0v) is 10.6. The molecule has 0 fully saturated rings. The molecule has 1 nitrogen and oxygen atoms in total. The maximum absolute atomic E-state index is 9.52. The van der Waals surface area contributed by atoms with Gasteiger partial charge in [-0.15, -0.1) is 0 Å². The first-order valence-corrected chi connectivity index (χ1v) is 6.08. The third-order valence-corrected chi connectivity index (χ3v) is 3.19. The molecule has 2 aromatic rings. The van der Waals surface area contributed by atoms with Crippen molar-refractivity contribution < 1.29 is 5.11 Å². The van der Waals surface area contributed by atoms with E-state index in [1.807, 2.05) is 48.5 Å². The Bertz CT molecular complexity index is 494. The van der Waals surface area contributed by atoms with Crippen LogP contribution in [0.15, 0.2) is 48.5 Å². The van der Waals surface area contributed by atoms with Crippen molar-refractivity contribution >= 4 is 23.2 Å². The summed E-state index contributed by atoms with van der Waals surface area (Å²) in [5.74, 6) is -0.0639. The summed E-state index contributed by atoms with van der Waals surface area (Å²) in [6.45, 7) is 0.0436. The van der Waals surface area contributed by atoms with Gasteiger partial charge in [-0.25, -0.2) is 0 Å². The van der Waals surface area contributed by atoms with Gasteiger partial charge in [-0.1, -0.05) is 47.5 Å². The van der Waals surface area contributed by atoms with Gasteiger partial charge in [-0.05, 0) is 35.4 Å². The Morgan fingerprint density at radius 1 is 0.882 bits per heavy atom. The summed E-state index contributed by atoms with van der Waals surface area (Å²) in [6, 6.07) is 15.0. The van der Waals surface area contributed by atoms with E-state index < -0.39 is 0 Å². The van der Waals surface area contributed by atoms with Gasteiger partial charge in [0.25, 0.3) is 0 Å². The molecule has 3 heteroatoms. The average Bonchev–Trinajstić information content (AvgIpc) is 2.33. The molecule has 0 bridgehead atoms. The molecule has 2 aromatic carbocycles. The average molecular weight is 267 g/mol. The summed E-state index contributed by atoms with van der Waals surface area (Å²) >= 11 is 11.8. The maximum atomic E-state index is 9.52. The van der Waals surface area contributed by atoms with Crippen molar-refractivity contribution in [1.29, 1.82) is 0 Å². The third kappa shape index (κ3) is 3.01. The van der Waals surface area contributed by atoms with E-state index in [2.05, 4.69) is 0 Å². The Morgan fingerprint density at radius 3 is 2.18 bits per heavy atom. The summed E-state index contributed by atoms with van der Waals surface area (Å²) in [6.07, 6.45) is 0. The predicted octanol–water partition coefficient (Wildman–Crippen LogP) is 4.12. The molecule has 0 saturated carbocycles. The third-order valence-electron chi connectivity index (χ3n) is 2.71. The van der Waals surface area contributed by atoms with Crippen LogP contribution in [0.3, 0.4) is 0 Å². The minimum atomic E-state index is -0.0639. The van der Waals surface area contributed by atoms with Crippen LogP contribution in [0.5, 0.6) is 0 Å². The molecule has 1 unspecified atom stereocenters. The summed E-state index contributed by atoms with van der Waals surface area (Å²) in [7, 11) is 0. The molecule has 17 heavy (non-hydrogen) atoms. The minimum Gasteiger partial charge on any atom is -0.395 e. The molecule has 0 aliphatic rings. The zero-order chi connectivity index (χ0) is 12.3. The van der Waals surface area contributed by atoms with Gasteiger partial charge < -0.3 is 5.11 Å². The number of aliphatic hydroxyl groups is 1. The first-order chi connectivity index (χ1) is 8.20. The van der Waals surface area contributed by atoms with E-state index in [-0.39, 0.29) is 12.5 Å². The standard InChI is InChI=1S/C14H12Cl2O/c15-12-6-4-10(5-7-12)14(9-17)11-2-1-3-13(16)8-11/h1-8,14,17H,9H2. The van der Waals surface area contributed by atoms with Crippen LogP contribution >= 0.6 is 23.2 Å². The summed E-state index contributed by atoms with van der Waals surface area (Å²) < 4.78 is 0. The monoisotopic (exact) mass is 266 g/mol. The van der Waals surface area contributed by atoms with Crippen LogP contribution in [0.2, 0.25) is 10.0 Å². The second-order valence-corrected chi connectivity index (χ2v) is 4.71. The fourth-order valence-corrected chi connectivity index (χ4v) is 2.15.